The summed E-state index contributed by atoms with van der Waals surface area (Å²) < 4.78 is 5.70. The fourth-order valence-electron chi connectivity index (χ4n) is 2.96. The molecular formula is C18H22N4O2. The summed E-state index contributed by atoms with van der Waals surface area (Å²) in [5.74, 6) is 0.240. The molecule has 0 bridgehead atoms. The van der Waals surface area contributed by atoms with Gasteiger partial charge in [-0.15, -0.1) is 0 Å². The first kappa shape index (κ1) is 16.5. The van der Waals surface area contributed by atoms with E-state index in [-0.39, 0.29) is 11.8 Å². The zero-order chi connectivity index (χ0) is 16.9. The molecule has 1 aliphatic rings. The number of hydrogen-bond donors (Lipinski definition) is 0. The average Bonchev–Trinajstić information content (AvgIpc) is 2.80. The van der Waals surface area contributed by atoms with Crippen molar-refractivity contribution in [1.29, 1.82) is 0 Å². The van der Waals surface area contributed by atoms with Crippen molar-refractivity contribution < 1.29 is 9.53 Å². The minimum atomic E-state index is 0.0144. The van der Waals surface area contributed by atoms with Crippen LogP contribution in [0.5, 0.6) is 0 Å². The molecule has 1 atom stereocenters. The fraction of sp³-hybridized carbons (Fsp3) is 0.444. The van der Waals surface area contributed by atoms with Crippen LogP contribution in [-0.2, 0) is 11.2 Å². The number of amides is 1. The molecule has 1 aliphatic heterocycles. The first-order valence-corrected chi connectivity index (χ1v) is 8.18. The number of carbonyl (C=O) groups is 1. The van der Waals surface area contributed by atoms with Crippen molar-refractivity contribution in [2.75, 3.05) is 26.3 Å². The third-order valence-corrected chi connectivity index (χ3v) is 4.11. The summed E-state index contributed by atoms with van der Waals surface area (Å²) >= 11 is 0. The molecule has 1 amide bonds. The first-order chi connectivity index (χ1) is 11.6. The third-order valence-electron chi connectivity index (χ3n) is 4.11. The Morgan fingerprint density at radius 1 is 1.29 bits per heavy atom. The van der Waals surface area contributed by atoms with Crippen molar-refractivity contribution >= 4 is 5.91 Å². The van der Waals surface area contributed by atoms with Crippen molar-refractivity contribution in [3.8, 4) is 0 Å². The molecule has 1 saturated heterocycles. The molecule has 0 saturated carbocycles. The summed E-state index contributed by atoms with van der Waals surface area (Å²) in [7, 11) is 0. The van der Waals surface area contributed by atoms with Gasteiger partial charge in [0.25, 0.3) is 5.91 Å². The van der Waals surface area contributed by atoms with Crippen LogP contribution >= 0.6 is 0 Å². The SMILES string of the molecule is Cc1cncc(C(=O)N2CCOC[C@H](Cc3cc(C)ncn3)C2)c1. The van der Waals surface area contributed by atoms with Crippen LogP contribution in [0.3, 0.4) is 0 Å². The Morgan fingerprint density at radius 3 is 2.96 bits per heavy atom. The zero-order valence-electron chi connectivity index (χ0n) is 14.1. The van der Waals surface area contributed by atoms with Gasteiger partial charge in [-0.1, -0.05) is 0 Å². The highest BCUT2D eigenvalue weighted by molar-refractivity contribution is 5.94. The van der Waals surface area contributed by atoms with Gasteiger partial charge in [-0.25, -0.2) is 9.97 Å². The van der Waals surface area contributed by atoms with E-state index in [9.17, 15) is 4.79 Å². The van der Waals surface area contributed by atoms with Gasteiger partial charge in [0, 0.05) is 42.8 Å². The zero-order valence-corrected chi connectivity index (χ0v) is 14.1. The number of nitrogens with zero attached hydrogens (tertiary/aromatic N) is 4. The number of carbonyl (C=O) groups excluding carboxylic acids is 1. The smallest absolute Gasteiger partial charge is 0.255 e. The van der Waals surface area contributed by atoms with E-state index >= 15 is 0 Å². The molecule has 0 spiro atoms. The van der Waals surface area contributed by atoms with E-state index in [4.69, 9.17) is 4.74 Å². The molecule has 6 heteroatoms. The largest absolute Gasteiger partial charge is 0.379 e. The van der Waals surface area contributed by atoms with Crippen molar-refractivity contribution in [2.24, 2.45) is 5.92 Å². The summed E-state index contributed by atoms with van der Waals surface area (Å²) in [6.07, 6.45) is 5.75. The quantitative estimate of drug-likeness (QED) is 0.860. The van der Waals surface area contributed by atoms with Crippen molar-refractivity contribution in [1.82, 2.24) is 19.9 Å². The number of pyridine rings is 1. The lowest BCUT2D eigenvalue weighted by atomic mass is 10.0. The summed E-state index contributed by atoms with van der Waals surface area (Å²) in [6, 6.07) is 3.87. The van der Waals surface area contributed by atoms with Gasteiger partial charge >= 0.3 is 0 Å². The fourth-order valence-corrected chi connectivity index (χ4v) is 2.96. The van der Waals surface area contributed by atoms with Crippen LogP contribution in [0.2, 0.25) is 0 Å². The molecule has 126 valence electrons. The maximum Gasteiger partial charge on any atom is 0.255 e. The first-order valence-electron chi connectivity index (χ1n) is 8.18. The topological polar surface area (TPSA) is 68.2 Å². The van der Waals surface area contributed by atoms with E-state index in [2.05, 4.69) is 15.0 Å². The Kier molecular flexibility index (Phi) is 5.15. The van der Waals surface area contributed by atoms with Gasteiger partial charge in [-0.2, -0.15) is 0 Å². The second kappa shape index (κ2) is 7.49. The summed E-state index contributed by atoms with van der Waals surface area (Å²) in [4.78, 5) is 27.2. The standard InChI is InChI=1S/C18H22N4O2/c1-13-5-16(9-19-8-13)18(23)22-3-4-24-11-15(10-22)7-17-6-14(2)20-12-21-17/h5-6,8-9,12,15H,3-4,7,10-11H2,1-2H3/t15-/m1/s1. The molecule has 3 rings (SSSR count). The highest BCUT2D eigenvalue weighted by Gasteiger charge is 2.24. The minimum Gasteiger partial charge on any atom is -0.379 e. The summed E-state index contributed by atoms with van der Waals surface area (Å²) in [6.45, 7) is 6.36. The Labute approximate surface area is 141 Å². The number of aromatic nitrogens is 3. The summed E-state index contributed by atoms with van der Waals surface area (Å²) in [5.41, 5.74) is 3.56. The maximum atomic E-state index is 12.8. The van der Waals surface area contributed by atoms with Gasteiger partial charge in [0.15, 0.2) is 0 Å². The number of rotatable bonds is 3. The molecular weight excluding hydrogens is 304 g/mol. The molecule has 2 aromatic rings. The molecule has 3 heterocycles. The Morgan fingerprint density at radius 2 is 2.17 bits per heavy atom. The van der Waals surface area contributed by atoms with Crippen molar-refractivity contribution in [3.63, 3.8) is 0 Å². The molecule has 1 fully saturated rings. The Bertz CT molecular complexity index is 720. The molecule has 0 N–H and O–H groups in total. The Hall–Kier alpha value is -2.34. The van der Waals surface area contributed by atoms with E-state index in [1.54, 1.807) is 18.7 Å². The highest BCUT2D eigenvalue weighted by Crippen LogP contribution is 2.15. The van der Waals surface area contributed by atoms with Gasteiger partial charge in [0.1, 0.15) is 6.33 Å². The number of hydrogen-bond acceptors (Lipinski definition) is 5. The minimum absolute atomic E-state index is 0.0144. The van der Waals surface area contributed by atoms with Gasteiger partial charge in [0.05, 0.1) is 18.8 Å². The van der Waals surface area contributed by atoms with E-state index in [1.807, 2.05) is 30.9 Å². The van der Waals surface area contributed by atoms with E-state index < -0.39 is 0 Å². The molecule has 24 heavy (non-hydrogen) atoms. The van der Waals surface area contributed by atoms with Crippen molar-refractivity contribution in [2.45, 2.75) is 20.3 Å². The van der Waals surface area contributed by atoms with Crippen LogP contribution in [0.1, 0.15) is 27.3 Å². The number of aryl methyl sites for hydroxylation is 2. The summed E-state index contributed by atoms with van der Waals surface area (Å²) in [5, 5.41) is 0. The van der Waals surface area contributed by atoms with Gasteiger partial charge in [-0.3, -0.25) is 9.78 Å². The predicted molar refractivity (Wildman–Crippen MR) is 89.7 cm³/mol. The molecule has 6 nitrogen and oxygen atoms in total. The molecule has 2 aromatic heterocycles. The molecule has 0 radical (unpaired) electrons. The maximum absolute atomic E-state index is 12.8. The lowest BCUT2D eigenvalue weighted by molar-refractivity contribution is 0.0736. The molecule has 0 aliphatic carbocycles. The van der Waals surface area contributed by atoms with Crippen molar-refractivity contribution in [3.05, 3.63) is 53.4 Å². The van der Waals surface area contributed by atoms with Crippen LogP contribution in [0.25, 0.3) is 0 Å². The van der Waals surface area contributed by atoms with Crippen LogP contribution in [0.15, 0.2) is 30.9 Å². The van der Waals surface area contributed by atoms with Gasteiger partial charge in [0.2, 0.25) is 0 Å². The molecule has 0 aromatic carbocycles. The van der Waals surface area contributed by atoms with Crippen LogP contribution in [0, 0.1) is 19.8 Å². The average molecular weight is 326 g/mol. The van der Waals surface area contributed by atoms with E-state index in [0.29, 0.717) is 31.9 Å². The third kappa shape index (κ3) is 4.14. The normalized spacial score (nSPS) is 18.2. The monoisotopic (exact) mass is 326 g/mol. The lowest BCUT2D eigenvalue weighted by Crippen LogP contribution is -2.36. The second-order valence-electron chi connectivity index (χ2n) is 6.30. The van der Waals surface area contributed by atoms with E-state index in [1.165, 1.54) is 0 Å². The van der Waals surface area contributed by atoms with E-state index in [0.717, 1.165) is 23.4 Å². The second-order valence-corrected chi connectivity index (χ2v) is 6.30. The number of ether oxygens (including phenoxy) is 1. The predicted octanol–water partition coefficient (Wildman–Crippen LogP) is 1.82. The van der Waals surface area contributed by atoms with Crippen LogP contribution < -0.4 is 0 Å². The Balaban J connectivity index is 1.71. The van der Waals surface area contributed by atoms with Gasteiger partial charge in [-0.05, 0) is 38.0 Å². The molecule has 0 unspecified atom stereocenters. The lowest BCUT2D eigenvalue weighted by Gasteiger charge is -2.23. The van der Waals surface area contributed by atoms with Gasteiger partial charge < -0.3 is 9.64 Å². The highest BCUT2D eigenvalue weighted by atomic mass is 16.5. The van der Waals surface area contributed by atoms with Crippen LogP contribution in [-0.4, -0.2) is 52.1 Å². The van der Waals surface area contributed by atoms with Crippen LogP contribution in [0.4, 0.5) is 0 Å².